The van der Waals surface area contributed by atoms with Crippen molar-refractivity contribution in [2.75, 3.05) is 7.05 Å². The van der Waals surface area contributed by atoms with Gasteiger partial charge in [-0.25, -0.2) is 0 Å². The molecule has 1 unspecified atom stereocenters. The topological polar surface area (TPSA) is 34.1 Å². The summed E-state index contributed by atoms with van der Waals surface area (Å²) in [5.74, 6) is 0.902. The molecule has 1 fully saturated rings. The lowest BCUT2D eigenvalue weighted by molar-refractivity contribution is 0.209. The fourth-order valence-electron chi connectivity index (χ4n) is 2.06. The van der Waals surface area contributed by atoms with E-state index in [0.29, 0.717) is 12.1 Å². The average molecular weight is 220 g/mol. The smallest absolute Gasteiger partial charge is 0.138 e. The predicted octanol–water partition coefficient (Wildman–Crippen LogP) is 2.68. The first-order chi connectivity index (χ1) is 7.79. The highest BCUT2D eigenvalue weighted by atomic mass is 16.5. The SMILES string of the molecule is CNC(C)c1ccc(OC2CCCC2)cn1. The van der Waals surface area contributed by atoms with Gasteiger partial charge in [-0.1, -0.05) is 0 Å². The van der Waals surface area contributed by atoms with E-state index in [9.17, 15) is 0 Å². The largest absolute Gasteiger partial charge is 0.489 e. The minimum absolute atomic E-state index is 0.292. The van der Waals surface area contributed by atoms with Gasteiger partial charge in [-0.15, -0.1) is 0 Å². The van der Waals surface area contributed by atoms with Gasteiger partial charge in [0.05, 0.1) is 18.0 Å². The average Bonchev–Trinajstić information content (AvgIpc) is 2.82. The summed E-state index contributed by atoms with van der Waals surface area (Å²) < 4.78 is 5.86. The van der Waals surface area contributed by atoms with Crippen molar-refractivity contribution in [1.82, 2.24) is 10.3 Å². The van der Waals surface area contributed by atoms with E-state index in [-0.39, 0.29) is 0 Å². The molecule has 1 saturated carbocycles. The standard InChI is InChI=1S/C13H20N2O/c1-10(14-2)13-8-7-12(9-15-13)16-11-5-3-4-6-11/h7-11,14H,3-6H2,1-2H3. The number of nitrogens with zero attached hydrogens (tertiary/aromatic N) is 1. The molecule has 3 heteroatoms. The molecule has 0 spiro atoms. The van der Waals surface area contributed by atoms with E-state index in [1.165, 1.54) is 25.7 Å². The van der Waals surface area contributed by atoms with Gasteiger partial charge in [-0.3, -0.25) is 4.98 Å². The molecule has 0 aliphatic heterocycles. The Morgan fingerprint density at radius 1 is 1.38 bits per heavy atom. The molecule has 2 rings (SSSR count). The van der Waals surface area contributed by atoms with Crippen LogP contribution in [0.2, 0.25) is 0 Å². The van der Waals surface area contributed by atoms with E-state index in [0.717, 1.165) is 11.4 Å². The molecule has 88 valence electrons. The van der Waals surface area contributed by atoms with Crippen LogP contribution in [0.25, 0.3) is 0 Å². The summed E-state index contributed by atoms with van der Waals surface area (Å²) in [4.78, 5) is 4.40. The van der Waals surface area contributed by atoms with Gasteiger partial charge in [0.2, 0.25) is 0 Å². The zero-order chi connectivity index (χ0) is 11.4. The first-order valence-electron chi connectivity index (χ1n) is 6.09. The van der Waals surface area contributed by atoms with Crippen LogP contribution in [-0.4, -0.2) is 18.1 Å². The number of aromatic nitrogens is 1. The first kappa shape index (κ1) is 11.4. The Morgan fingerprint density at radius 2 is 2.12 bits per heavy atom. The second-order valence-electron chi connectivity index (χ2n) is 4.45. The lowest BCUT2D eigenvalue weighted by atomic mass is 10.2. The number of hydrogen-bond acceptors (Lipinski definition) is 3. The van der Waals surface area contributed by atoms with Crippen LogP contribution in [0, 0.1) is 0 Å². The van der Waals surface area contributed by atoms with E-state index in [1.807, 2.05) is 25.4 Å². The quantitative estimate of drug-likeness (QED) is 0.847. The van der Waals surface area contributed by atoms with Crippen LogP contribution in [0.1, 0.15) is 44.3 Å². The number of hydrogen-bond donors (Lipinski definition) is 1. The Kier molecular flexibility index (Phi) is 3.78. The summed E-state index contributed by atoms with van der Waals surface area (Å²) in [7, 11) is 1.94. The van der Waals surface area contributed by atoms with E-state index in [4.69, 9.17) is 4.74 Å². The molecule has 16 heavy (non-hydrogen) atoms. The van der Waals surface area contributed by atoms with E-state index < -0.39 is 0 Å². The molecule has 0 amide bonds. The fourth-order valence-corrected chi connectivity index (χ4v) is 2.06. The molecule has 1 atom stereocenters. The first-order valence-corrected chi connectivity index (χ1v) is 6.09. The molecule has 0 saturated heterocycles. The number of ether oxygens (including phenoxy) is 1. The van der Waals surface area contributed by atoms with E-state index in [2.05, 4.69) is 17.2 Å². The molecule has 3 nitrogen and oxygen atoms in total. The van der Waals surface area contributed by atoms with Crippen LogP contribution in [0.5, 0.6) is 5.75 Å². The van der Waals surface area contributed by atoms with Crippen molar-refractivity contribution in [3.8, 4) is 5.75 Å². The van der Waals surface area contributed by atoms with Crippen molar-refractivity contribution in [3.63, 3.8) is 0 Å². The van der Waals surface area contributed by atoms with Crippen molar-refractivity contribution in [1.29, 1.82) is 0 Å². The third-order valence-electron chi connectivity index (χ3n) is 3.24. The van der Waals surface area contributed by atoms with Gasteiger partial charge in [0.25, 0.3) is 0 Å². The highest BCUT2D eigenvalue weighted by molar-refractivity contribution is 5.21. The molecule has 0 radical (unpaired) electrons. The van der Waals surface area contributed by atoms with Gasteiger partial charge in [-0.2, -0.15) is 0 Å². The maximum atomic E-state index is 5.86. The Labute approximate surface area is 97.2 Å². The van der Waals surface area contributed by atoms with Crippen LogP contribution in [0.3, 0.4) is 0 Å². The zero-order valence-electron chi connectivity index (χ0n) is 10.1. The van der Waals surface area contributed by atoms with Crippen LogP contribution in [-0.2, 0) is 0 Å². The molecule has 1 N–H and O–H groups in total. The van der Waals surface area contributed by atoms with E-state index in [1.54, 1.807) is 0 Å². The van der Waals surface area contributed by atoms with Crippen molar-refractivity contribution in [2.24, 2.45) is 0 Å². The molecule has 1 aromatic heterocycles. The van der Waals surface area contributed by atoms with Crippen molar-refractivity contribution in [2.45, 2.75) is 44.8 Å². The van der Waals surface area contributed by atoms with Gasteiger partial charge in [0.1, 0.15) is 5.75 Å². The van der Waals surface area contributed by atoms with Crippen LogP contribution < -0.4 is 10.1 Å². The number of pyridine rings is 1. The molecule has 1 aliphatic rings. The highest BCUT2D eigenvalue weighted by Gasteiger charge is 2.16. The molecule has 1 aromatic rings. The number of rotatable bonds is 4. The predicted molar refractivity (Wildman–Crippen MR) is 64.6 cm³/mol. The minimum atomic E-state index is 0.292. The Hall–Kier alpha value is -1.09. The van der Waals surface area contributed by atoms with Crippen LogP contribution in [0.4, 0.5) is 0 Å². The highest BCUT2D eigenvalue weighted by Crippen LogP contribution is 2.24. The molecule has 0 bridgehead atoms. The summed E-state index contributed by atoms with van der Waals surface area (Å²) in [5.41, 5.74) is 1.06. The normalized spacial score (nSPS) is 18.6. The Bertz CT molecular complexity index is 317. The Balaban J connectivity index is 1.96. The van der Waals surface area contributed by atoms with Crippen LogP contribution in [0.15, 0.2) is 18.3 Å². The van der Waals surface area contributed by atoms with Gasteiger partial charge in [-0.05, 0) is 51.8 Å². The monoisotopic (exact) mass is 220 g/mol. The van der Waals surface area contributed by atoms with Gasteiger partial charge >= 0.3 is 0 Å². The maximum Gasteiger partial charge on any atom is 0.138 e. The minimum Gasteiger partial charge on any atom is -0.489 e. The second-order valence-corrected chi connectivity index (χ2v) is 4.45. The summed E-state index contributed by atoms with van der Waals surface area (Å²) in [6.07, 6.45) is 7.22. The van der Waals surface area contributed by atoms with Gasteiger partial charge in [0.15, 0.2) is 0 Å². The van der Waals surface area contributed by atoms with Crippen molar-refractivity contribution >= 4 is 0 Å². The number of nitrogens with one attached hydrogen (secondary N) is 1. The zero-order valence-corrected chi connectivity index (χ0v) is 10.1. The van der Waals surface area contributed by atoms with Crippen molar-refractivity contribution in [3.05, 3.63) is 24.0 Å². The lowest BCUT2D eigenvalue weighted by Crippen LogP contribution is -2.14. The molecular weight excluding hydrogens is 200 g/mol. The van der Waals surface area contributed by atoms with Gasteiger partial charge < -0.3 is 10.1 Å². The summed E-state index contributed by atoms with van der Waals surface area (Å²) in [6.45, 7) is 2.10. The second kappa shape index (κ2) is 5.30. The van der Waals surface area contributed by atoms with Gasteiger partial charge in [0, 0.05) is 6.04 Å². The van der Waals surface area contributed by atoms with Crippen molar-refractivity contribution < 1.29 is 4.74 Å². The Morgan fingerprint density at radius 3 is 2.69 bits per heavy atom. The molecule has 0 aromatic carbocycles. The third-order valence-corrected chi connectivity index (χ3v) is 3.24. The maximum absolute atomic E-state index is 5.86. The fraction of sp³-hybridized carbons (Fsp3) is 0.615. The summed E-state index contributed by atoms with van der Waals surface area (Å²) >= 11 is 0. The summed E-state index contributed by atoms with van der Waals surface area (Å²) in [6, 6.07) is 4.35. The lowest BCUT2D eigenvalue weighted by Gasteiger charge is -2.14. The van der Waals surface area contributed by atoms with Crippen LogP contribution >= 0.6 is 0 Å². The van der Waals surface area contributed by atoms with E-state index >= 15 is 0 Å². The molecule has 1 aliphatic carbocycles. The summed E-state index contributed by atoms with van der Waals surface area (Å²) in [5, 5.41) is 3.17. The molecular formula is C13H20N2O. The molecule has 1 heterocycles. The third kappa shape index (κ3) is 2.73.